The van der Waals surface area contributed by atoms with Gasteiger partial charge in [0.1, 0.15) is 5.75 Å². The van der Waals surface area contributed by atoms with Gasteiger partial charge >= 0.3 is 0 Å². The van der Waals surface area contributed by atoms with Gasteiger partial charge in [-0.15, -0.1) is 0 Å². The topological polar surface area (TPSA) is 82.5 Å². The number of hydrogen-bond donors (Lipinski definition) is 1. The summed E-state index contributed by atoms with van der Waals surface area (Å²) in [4.78, 5) is 30.9. The monoisotopic (exact) mass is 453 g/mol. The summed E-state index contributed by atoms with van der Waals surface area (Å²) in [7, 11) is 0. The van der Waals surface area contributed by atoms with Crippen LogP contribution in [0.3, 0.4) is 0 Å². The average molecular weight is 454 g/mol. The van der Waals surface area contributed by atoms with Crippen molar-refractivity contribution < 1.29 is 14.3 Å². The Morgan fingerprint density at radius 1 is 1.28 bits per heavy atom. The molecule has 0 saturated carbocycles. The lowest BCUT2D eigenvalue weighted by molar-refractivity contribution is -0.115. The molecule has 2 aromatic carbocycles. The van der Waals surface area contributed by atoms with E-state index in [2.05, 4.69) is 5.32 Å². The first kappa shape index (κ1) is 22.4. The van der Waals surface area contributed by atoms with Crippen molar-refractivity contribution in [1.82, 2.24) is 9.55 Å². The molecule has 0 spiro atoms. The summed E-state index contributed by atoms with van der Waals surface area (Å²) in [5.74, 6) is 0.438. The Morgan fingerprint density at radius 2 is 2.06 bits per heavy atom. The van der Waals surface area contributed by atoms with Gasteiger partial charge < -0.3 is 14.8 Å². The van der Waals surface area contributed by atoms with Crippen molar-refractivity contribution in [1.29, 1.82) is 0 Å². The lowest BCUT2D eigenvalue weighted by atomic mass is 10.2. The fourth-order valence-electron chi connectivity index (χ4n) is 3.69. The molecule has 168 valence electrons. The van der Waals surface area contributed by atoms with Crippen molar-refractivity contribution in [2.24, 2.45) is 0 Å². The number of para-hydroxylation sites is 3. The number of hydrogen-bond acceptors (Lipinski definition) is 6. The minimum absolute atomic E-state index is 0.0165. The van der Waals surface area contributed by atoms with Gasteiger partial charge in [-0.1, -0.05) is 36.0 Å². The Morgan fingerprint density at radius 3 is 2.84 bits per heavy atom. The van der Waals surface area contributed by atoms with E-state index < -0.39 is 5.25 Å². The molecule has 2 unspecified atom stereocenters. The van der Waals surface area contributed by atoms with E-state index in [-0.39, 0.29) is 17.6 Å². The Kier molecular flexibility index (Phi) is 7.12. The summed E-state index contributed by atoms with van der Waals surface area (Å²) in [6, 6.07) is 14.6. The molecule has 1 saturated heterocycles. The molecule has 2 atom stereocenters. The summed E-state index contributed by atoms with van der Waals surface area (Å²) in [5.41, 5.74) is 1.14. The third kappa shape index (κ3) is 4.97. The molecular weight excluding hydrogens is 426 g/mol. The fraction of sp³-hybridized carbons (Fsp3) is 0.375. The van der Waals surface area contributed by atoms with Gasteiger partial charge in [0, 0.05) is 6.61 Å². The summed E-state index contributed by atoms with van der Waals surface area (Å²) >= 11 is 1.27. The first-order chi connectivity index (χ1) is 15.6. The Hall–Kier alpha value is -2.84. The van der Waals surface area contributed by atoms with Crippen LogP contribution >= 0.6 is 11.8 Å². The number of nitrogens with zero attached hydrogens (tertiary/aromatic N) is 2. The van der Waals surface area contributed by atoms with Crippen LogP contribution in [0.15, 0.2) is 58.5 Å². The van der Waals surface area contributed by atoms with Gasteiger partial charge in [0.25, 0.3) is 5.56 Å². The molecule has 1 aliphatic heterocycles. The highest BCUT2D eigenvalue weighted by atomic mass is 32.2. The number of aromatic nitrogens is 2. The number of nitrogens with one attached hydrogen (secondary N) is 1. The maximum atomic E-state index is 13.2. The van der Waals surface area contributed by atoms with Crippen LogP contribution in [0.4, 0.5) is 5.69 Å². The first-order valence-electron chi connectivity index (χ1n) is 10.9. The number of rotatable bonds is 8. The Labute approximate surface area is 191 Å². The number of anilines is 1. The third-order valence-corrected chi connectivity index (χ3v) is 6.42. The van der Waals surface area contributed by atoms with Gasteiger partial charge in [0.15, 0.2) is 5.16 Å². The van der Waals surface area contributed by atoms with Crippen LogP contribution in [0.2, 0.25) is 0 Å². The molecule has 7 nitrogen and oxygen atoms in total. The first-order valence-corrected chi connectivity index (χ1v) is 11.7. The number of benzene rings is 2. The van der Waals surface area contributed by atoms with Gasteiger partial charge in [-0.05, 0) is 51.0 Å². The molecule has 1 fully saturated rings. The lowest BCUT2D eigenvalue weighted by Crippen LogP contribution is -2.30. The van der Waals surface area contributed by atoms with Gasteiger partial charge in [0.2, 0.25) is 5.91 Å². The zero-order chi connectivity index (χ0) is 22.5. The van der Waals surface area contributed by atoms with Crippen molar-refractivity contribution in [2.45, 2.75) is 49.7 Å². The fourth-order valence-corrected chi connectivity index (χ4v) is 4.61. The SMILES string of the molecule is CCOc1ccccc1NC(=O)C(C)Sc1nc2ccccc2c(=O)n1CC1CCCO1. The number of thioether (sulfide) groups is 1. The van der Waals surface area contributed by atoms with E-state index in [9.17, 15) is 9.59 Å². The minimum atomic E-state index is -0.478. The smallest absolute Gasteiger partial charge is 0.262 e. The van der Waals surface area contributed by atoms with E-state index in [0.29, 0.717) is 47.3 Å². The van der Waals surface area contributed by atoms with Crippen molar-refractivity contribution in [3.63, 3.8) is 0 Å². The summed E-state index contributed by atoms with van der Waals surface area (Å²) < 4.78 is 13.0. The second kappa shape index (κ2) is 10.2. The molecule has 1 N–H and O–H groups in total. The van der Waals surface area contributed by atoms with Crippen LogP contribution in [-0.2, 0) is 16.1 Å². The number of amides is 1. The maximum Gasteiger partial charge on any atom is 0.262 e. The predicted molar refractivity (Wildman–Crippen MR) is 127 cm³/mol. The standard InChI is InChI=1S/C24H27N3O4S/c1-3-30-21-13-7-6-12-20(21)25-22(28)16(2)32-24-26-19-11-5-4-10-18(19)23(29)27(24)15-17-9-8-14-31-17/h4-7,10-13,16-17H,3,8-9,14-15H2,1-2H3,(H,25,28). The van der Waals surface area contributed by atoms with Crippen molar-refractivity contribution in [3.05, 3.63) is 58.9 Å². The second-order valence-corrected chi connectivity index (χ2v) is 8.95. The summed E-state index contributed by atoms with van der Waals surface area (Å²) in [6.07, 6.45) is 1.88. The van der Waals surface area contributed by atoms with Crippen molar-refractivity contribution in [2.75, 3.05) is 18.5 Å². The molecule has 0 bridgehead atoms. The molecule has 8 heteroatoms. The van der Waals surface area contributed by atoms with Crippen LogP contribution in [0.1, 0.15) is 26.7 Å². The summed E-state index contributed by atoms with van der Waals surface area (Å²) in [5, 5.41) is 3.54. The molecule has 2 heterocycles. The highest BCUT2D eigenvalue weighted by Gasteiger charge is 2.23. The van der Waals surface area contributed by atoms with Crippen molar-refractivity contribution in [3.8, 4) is 5.75 Å². The third-order valence-electron chi connectivity index (χ3n) is 5.33. The molecular formula is C24H27N3O4S. The molecule has 32 heavy (non-hydrogen) atoms. The van der Waals surface area contributed by atoms with Gasteiger partial charge in [-0.2, -0.15) is 0 Å². The van der Waals surface area contributed by atoms with E-state index in [1.807, 2.05) is 49.4 Å². The molecule has 3 aromatic rings. The maximum absolute atomic E-state index is 13.2. The van der Waals surface area contributed by atoms with Gasteiger partial charge in [-0.3, -0.25) is 14.2 Å². The van der Waals surface area contributed by atoms with Crippen LogP contribution in [0.5, 0.6) is 5.75 Å². The van der Waals surface area contributed by atoms with E-state index >= 15 is 0 Å². The normalized spacial score (nSPS) is 16.8. The number of carbonyl (C=O) groups is 1. The van der Waals surface area contributed by atoms with E-state index in [4.69, 9.17) is 14.5 Å². The lowest BCUT2D eigenvalue weighted by Gasteiger charge is -2.19. The highest BCUT2D eigenvalue weighted by Crippen LogP contribution is 2.28. The minimum Gasteiger partial charge on any atom is -0.492 e. The molecule has 1 aromatic heterocycles. The van der Waals surface area contributed by atoms with E-state index in [0.717, 1.165) is 12.8 Å². The predicted octanol–water partition coefficient (Wildman–Crippen LogP) is 4.09. The molecule has 1 amide bonds. The van der Waals surface area contributed by atoms with Crippen molar-refractivity contribution >= 4 is 34.3 Å². The molecule has 0 aliphatic carbocycles. The quantitative estimate of drug-likeness (QED) is 0.409. The number of ether oxygens (including phenoxy) is 2. The van der Waals surface area contributed by atoms with Crippen LogP contribution in [0.25, 0.3) is 10.9 Å². The van der Waals surface area contributed by atoms with Gasteiger partial charge in [0.05, 0.1) is 41.1 Å². The van der Waals surface area contributed by atoms with Crippen LogP contribution in [0, 0.1) is 0 Å². The Bertz CT molecular complexity index is 1160. The molecule has 0 radical (unpaired) electrons. The largest absolute Gasteiger partial charge is 0.492 e. The Balaban J connectivity index is 1.59. The molecule has 4 rings (SSSR count). The number of carbonyl (C=O) groups excluding carboxylic acids is 1. The van der Waals surface area contributed by atoms with Gasteiger partial charge in [-0.25, -0.2) is 4.98 Å². The molecule has 1 aliphatic rings. The van der Waals surface area contributed by atoms with E-state index in [1.54, 1.807) is 17.6 Å². The number of fused-ring (bicyclic) bond motifs is 1. The second-order valence-electron chi connectivity index (χ2n) is 7.64. The van der Waals surface area contributed by atoms with Crippen LogP contribution in [-0.4, -0.2) is 40.0 Å². The zero-order valence-electron chi connectivity index (χ0n) is 18.2. The van der Waals surface area contributed by atoms with Crippen LogP contribution < -0.4 is 15.6 Å². The average Bonchev–Trinajstić information content (AvgIpc) is 3.31. The van der Waals surface area contributed by atoms with E-state index in [1.165, 1.54) is 11.8 Å². The highest BCUT2D eigenvalue weighted by molar-refractivity contribution is 8.00. The summed E-state index contributed by atoms with van der Waals surface area (Å²) in [6.45, 7) is 5.35. The zero-order valence-corrected chi connectivity index (χ0v) is 19.1.